The molecule has 4 heteroatoms. The maximum Gasteiger partial charge on any atom is 0.255 e. The van der Waals surface area contributed by atoms with Crippen molar-refractivity contribution >= 4 is 29.7 Å². The molecule has 2 rings (SSSR count). The fourth-order valence-corrected chi connectivity index (χ4v) is 2.09. The molecule has 2 aromatic rings. The third-order valence-corrected chi connectivity index (χ3v) is 3.52. The minimum Gasteiger partial charge on any atom is -0.399 e. The summed E-state index contributed by atoms with van der Waals surface area (Å²) < 4.78 is 0. The molecular formula is C18H23ClN2O. The van der Waals surface area contributed by atoms with Crippen LogP contribution in [0.15, 0.2) is 42.5 Å². The third-order valence-electron chi connectivity index (χ3n) is 3.52. The largest absolute Gasteiger partial charge is 0.399 e. The van der Waals surface area contributed by atoms with Gasteiger partial charge in [0.15, 0.2) is 0 Å². The van der Waals surface area contributed by atoms with E-state index in [0.717, 1.165) is 11.3 Å². The van der Waals surface area contributed by atoms with E-state index in [2.05, 4.69) is 26.1 Å². The Hall–Kier alpha value is -2.00. The summed E-state index contributed by atoms with van der Waals surface area (Å²) in [5.41, 5.74) is 10.1. The van der Waals surface area contributed by atoms with Crippen LogP contribution < -0.4 is 11.1 Å². The molecule has 0 spiro atoms. The molecule has 0 atom stereocenters. The van der Waals surface area contributed by atoms with Crippen LogP contribution in [0.1, 0.15) is 42.3 Å². The Kier molecular flexibility index (Phi) is 5.61. The summed E-state index contributed by atoms with van der Waals surface area (Å²) in [5, 5.41) is 2.91. The molecule has 0 bridgehead atoms. The average Bonchev–Trinajstić information content (AvgIpc) is 2.42. The first-order valence-corrected chi connectivity index (χ1v) is 7.05. The van der Waals surface area contributed by atoms with Crippen molar-refractivity contribution in [2.45, 2.75) is 33.1 Å². The molecule has 0 saturated carbocycles. The second kappa shape index (κ2) is 6.84. The fraction of sp³-hybridized carbons (Fsp3) is 0.278. The Morgan fingerprint density at radius 1 is 1.05 bits per heavy atom. The Labute approximate surface area is 138 Å². The average molecular weight is 319 g/mol. The zero-order valence-electron chi connectivity index (χ0n) is 13.4. The maximum absolute atomic E-state index is 12.3. The molecular weight excluding hydrogens is 296 g/mol. The van der Waals surface area contributed by atoms with Gasteiger partial charge in [0.2, 0.25) is 0 Å². The number of amides is 1. The predicted octanol–water partition coefficient (Wildman–Crippen LogP) is 4.55. The van der Waals surface area contributed by atoms with Crippen molar-refractivity contribution in [2.75, 3.05) is 11.1 Å². The van der Waals surface area contributed by atoms with Gasteiger partial charge >= 0.3 is 0 Å². The number of nitrogens with one attached hydrogen (secondary N) is 1. The molecule has 22 heavy (non-hydrogen) atoms. The molecule has 0 aliphatic heterocycles. The molecule has 0 aromatic heterocycles. The fourth-order valence-electron chi connectivity index (χ4n) is 2.09. The number of aryl methyl sites for hydroxylation is 1. The van der Waals surface area contributed by atoms with E-state index < -0.39 is 0 Å². The van der Waals surface area contributed by atoms with E-state index in [0.29, 0.717) is 11.3 Å². The third kappa shape index (κ3) is 4.25. The summed E-state index contributed by atoms with van der Waals surface area (Å²) in [4.78, 5) is 12.3. The zero-order valence-corrected chi connectivity index (χ0v) is 14.3. The first-order valence-electron chi connectivity index (χ1n) is 7.05. The minimum absolute atomic E-state index is 0. The quantitative estimate of drug-likeness (QED) is 0.798. The number of nitrogens with two attached hydrogens (primary N) is 1. The van der Waals surface area contributed by atoms with Crippen LogP contribution in [0.2, 0.25) is 0 Å². The number of anilines is 2. The lowest BCUT2D eigenvalue weighted by molar-refractivity contribution is 0.102. The number of nitrogen functional groups attached to an aromatic ring is 1. The lowest BCUT2D eigenvalue weighted by atomic mass is 9.87. The van der Waals surface area contributed by atoms with Crippen LogP contribution in [-0.2, 0) is 5.41 Å². The minimum atomic E-state index is -0.121. The predicted molar refractivity (Wildman–Crippen MR) is 95.9 cm³/mol. The highest BCUT2D eigenvalue weighted by Crippen LogP contribution is 2.23. The number of carbonyl (C=O) groups is 1. The molecule has 0 aliphatic rings. The highest BCUT2D eigenvalue weighted by molar-refractivity contribution is 6.04. The summed E-state index contributed by atoms with van der Waals surface area (Å²) >= 11 is 0. The van der Waals surface area contributed by atoms with Crippen molar-refractivity contribution in [2.24, 2.45) is 0 Å². The van der Waals surface area contributed by atoms with Crippen molar-refractivity contribution in [3.8, 4) is 0 Å². The van der Waals surface area contributed by atoms with E-state index in [1.807, 2.05) is 43.3 Å². The molecule has 0 aliphatic carbocycles. The number of hydrogen-bond acceptors (Lipinski definition) is 2. The Bertz CT molecular complexity index is 658. The second-order valence-electron chi connectivity index (χ2n) is 6.36. The summed E-state index contributed by atoms with van der Waals surface area (Å²) in [6.45, 7) is 8.40. The molecule has 2 aromatic carbocycles. The molecule has 1 amide bonds. The molecule has 0 unspecified atom stereocenters. The van der Waals surface area contributed by atoms with Crippen molar-refractivity contribution < 1.29 is 4.79 Å². The first kappa shape index (κ1) is 18.1. The van der Waals surface area contributed by atoms with E-state index >= 15 is 0 Å². The zero-order chi connectivity index (χ0) is 15.6. The highest BCUT2D eigenvalue weighted by atomic mass is 35.5. The topological polar surface area (TPSA) is 55.1 Å². The second-order valence-corrected chi connectivity index (χ2v) is 6.36. The smallest absolute Gasteiger partial charge is 0.255 e. The number of hydrogen-bond donors (Lipinski definition) is 2. The summed E-state index contributed by atoms with van der Waals surface area (Å²) in [6.07, 6.45) is 0. The highest BCUT2D eigenvalue weighted by Gasteiger charge is 2.14. The van der Waals surface area contributed by atoms with Gasteiger partial charge in [0.05, 0.1) is 0 Å². The standard InChI is InChI=1S/C18H22N2O.ClH/c1-12-5-10-15(19)11-16(12)20-17(21)13-6-8-14(9-7-13)18(2,3)4;/h5-11H,19H2,1-4H3,(H,20,21);1H. The van der Waals surface area contributed by atoms with Crippen molar-refractivity contribution in [3.05, 3.63) is 59.2 Å². The van der Waals surface area contributed by atoms with Crippen LogP contribution in [0, 0.1) is 6.92 Å². The van der Waals surface area contributed by atoms with Crippen molar-refractivity contribution in [3.63, 3.8) is 0 Å². The molecule has 3 nitrogen and oxygen atoms in total. The SMILES string of the molecule is Cc1ccc(N)cc1NC(=O)c1ccc(C(C)(C)C)cc1.Cl. The van der Waals surface area contributed by atoms with E-state index in [1.165, 1.54) is 5.56 Å². The molecule has 0 heterocycles. The summed E-state index contributed by atoms with van der Waals surface area (Å²) in [7, 11) is 0. The van der Waals surface area contributed by atoms with Crippen LogP contribution in [0.4, 0.5) is 11.4 Å². The van der Waals surface area contributed by atoms with Crippen LogP contribution in [-0.4, -0.2) is 5.91 Å². The van der Waals surface area contributed by atoms with Crippen LogP contribution >= 0.6 is 12.4 Å². The lowest BCUT2D eigenvalue weighted by Crippen LogP contribution is -2.15. The number of halogens is 1. The summed E-state index contributed by atoms with van der Waals surface area (Å²) in [5.74, 6) is -0.121. The van der Waals surface area contributed by atoms with E-state index in [4.69, 9.17) is 5.73 Å². The van der Waals surface area contributed by atoms with Gasteiger partial charge < -0.3 is 11.1 Å². The molecule has 0 fully saturated rings. The number of carbonyl (C=O) groups excluding carboxylic acids is 1. The van der Waals surface area contributed by atoms with Crippen LogP contribution in [0.5, 0.6) is 0 Å². The van der Waals surface area contributed by atoms with E-state index in [9.17, 15) is 4.79 Å². The van der Waals surface area contributed by atoms with Crippen LogP contribution in [0.25, 0.3) is 0 Å². The Morgan fingerprint density at radius 2 is 1.64 bits per heavy atom. The van der Waals surface area contributed by atoms with Gasteiger partial charge in [0, 0.05) is 16.9 Å². The van der Waals surface area contributed by atoms with E-state index in [-0.39, 0.29) is 23.7 Å². The van der Waals surface area contributed by atoms with Gasteiger partial charge in [-0.05, 0) is 47.7 Å². The monoisotopic (exact) mass is 318 g/mol. The van der Waals surface area contributed by atoms with Gasteiger partial charge in [0.25, 0.3) is 5.91 Å². The van der Waals surface area contributed by atoms with Gasteiger partial charge in [-0.25, -0.2) is 0 Å². The van der Waals surface area contributed by atoms with Crippen molar-refractivity contribution in [1.82, 2.24) is 0 Å². The molecule has 118 valence electrons. The van der Waals surface area contributed by atoms with Gasteiger partial charge in [-0.2, -0.15) is 0 Å². The van der Waals surface area contributed by atoms with Gasteiger partial charge in [-0.3, -0.25) is 4.79 Å². The number of benzene rings is 2. The molecule has 0 radical (unpaired) electrons. The lowest BCUT2D eigenvalue weighted by Gasteiger charge is -2.19. The van der Waals surface area contributed by atoms with Crippen LogP contribution in [0.3, 0.4) is 0 Å². The van der Waals surface area contributed by atoms with Gasteiger partial charge in [-0.1, -0.05) is 39.0 Å². The molecule has 3 N–H and O–H groups in total. The molecule has 0 saturated heterocycles. The van der Waals surface area contributed by atoms with Gasteiger partial charge in [-0.15, -0.1) is 12.4 Å². The summed E-state index contributed by atoms with van der Waals surface area (Å²) in [6, 6.07) is 13.2. The first-order chi connectivity index (χ1) is 9.77. The Morgan fingerprint density at radius 3 is 2.18 bits per heavy atom. The maximum atomic E-state index is 12.3. The number of rotatable bonds is 2. The Balaban J connectivity index is 0.00000242. The van der Waals surface area contributed by atoms with E-state index in [1.54, 1.807) is 6.07 Å². The normalized spacial score (nSPS) is 10.7. The van der Waals surface area contributed by atoms with Crippen molar-refractivity contribution in [1.29, 1.82) is 0 Å². The van der Waals surface area contributed by atoms with Gasteiger partial charge in [0.1, 0.15) is 0 Å².